The van der Waals surface area contributed by atoms with Crippen LogP contribution in [0.25, 0.3) is 0 Å². The van der Waals surface area contributed by atoms with Gasteiger partial charge in [-0.25, -0.2) is 14.5 Å². The predicted molar refractivity (Wildman–Crippen MR) is 105 cm³/mol. The van der Waals surface area contributed by atoms with Gasteiger partial charge in [-0.3, -0.25) is 4.79 Å². The molecular weight excluding hydrogens is 354 g/mol. The first kappa shape index (κ1) is 19.5. The van der Waals surface area contributed by atoms with E-state index in [1.54, 1.807) is 30.1 Å². The van der Waals surface area contributed by atoms with E-state index in [1.165, 1.54) is 6.33 Å². The number of carbonyl (C=O) groups excluding carboxylic acids is 2. The van der Waals surface area contributed by atoms with E-state index in [2.05, 4.69) is 10.1 Å². The molecule has 6 heteroatoms. The quantitative estimate of drug-likeness (QED) is 0.484. The Hall–Kier alpha value is -3.28. The molecule has 0 spiro atoms. The molecule has 28 heavy (non-hydrogen) atoms. The zero-order valence-corrected chi connectivity index (χ0v) is 16.5. The Balaban J connectivity index is 1.66. The molecule has 0 aliphatic carbocycles. The average Bonchev–Trinajstić information content (AvgIpc) is 3.17. The Morgan fingerprint density at radius 1 is 1.04 bits per heavy atom. The molecule has 0 saturated heterocycles. The van der Waals surface area contributed by atoms with Crippen LogP contribution in [-0.4, -0.2) is 32.6 Å². The minimum atomic E-state index is -0.858. The molecule has 3 aromatic rings. The van der Waals surface area contributed by atoms with Gasteiger partial charge in [0.1, 0.15) is 12.7 Å². The van der Waals surface area contributed by atoms with E-state index < -0.39 is 12.1 Å². The summed E-state index contributed by atoms with van der Waals surface area (Å²) >= 11 is 0. The Bertz CT molecular complexity index is 993. The molecule has 6 nitrogen and oxygen atoms in total. The summed E-state index contributed by atoms with van der Waals surface area (Å²) in [7, 11) is 0. The number of carbonyl (C=O) groups is 2. The minimum absolute atomic E-state index is 0.197. The first-order valence-corrected chi connectivity index (χ1v) is 9.09. The first-order valence-electron chi connectivity index (χ1n) is 9.09. The molecule has 1 atom stereocenters. The molecule has 144 valence electrons. The Morgan fingerprint density at radius 3 is 2.36 bits per heavy atom. The number of rotatable bonds is 6. The number of aryl methyl sites for hydroxylation is 3. The Morgan fingerprint density at radius 2 is 1.71 bits per heavy atom. The second-order valence-corrected chi connectivity index (χ2v) is 6.95. The normalized spacial score (nSPS) is 11.9. The zero-order valence-electron chi connectivity index (χ0n) is 16.5. The van der Waals surface area contributed by atoms with Crippen LogP contribution in [0.4, 0.5) is 0 Å². The zero-order chi connectivity index (χ0) is 20.3. The summed E-state index contributed by atoms with van der Waals surface area (Å²) < 4.78 is 7.10. The van der Waals surface area contributed by atoms with Crippen LogP contribution in [0.1, 0.15) is 49.9 Å². The summed E-state index contributed by atoms with van der Waals surface area (Å²) in [5.74, 6) is -0.716. The topological polar surface area (TPSA) is 74.1 Å². The summed E-state index contributed by atoms with van der Waals surface area (Å²) in [4.78, 5) is 29.1. The van der Waals surface area contributed by atoms with Crippen molar-refractivity contribution in [2.45, 2.75) is 40.3 Å². The number of ketones is 1. The van der Waals surface area contributed by atoms with E-state index in [-0.39, 0.29) is 5.78 Å². The van der Waals surface area contributed by atoms with Gasteiger partial charge < -0.3 is 4.74 Å². The van der Waals surface area contributed by atoms with Crippen molar-refractivity contribution < 1.29 is 14.3 Å². The third kappa shape index (κ3) is 4.34. The maximum atomic E-state index is 12.7. The van der Waals surface area contributed by atoms with Crippen molar-refractivity contribution in [1.29, 1.82) is 0 Å². The molecule has 1 heterocycles. The van der Waals surface area contributed by atoms with Crippen LogP contribution in [0.5, 0.6) is 0 Å². The molecular formula is C22H23N3O3. The largest absolute Gasteiger partial charge is 0.451 e. The van der Waals surface area contributed by atoms with Gasteiger partial charge in [0, 0.05) is 5.56 Å². The van der Waals surface area contributed by atoms with E-state index >= 15 is 0 Å². The second-order valence-electron chi connectivity index (χ2n) is 6.95. The second kappa shape index (κ2) is 8.17. The number of ether oxygens (including phenoxy) is 1. The smallest absolute Gasteiger partial charge is 0.338 e. The number of hydrogen-bond acceptors (Lipinski definition) is 5. The highest BCUT2D eigenvalue weighted by Crippen LogP contribution is 2.18. The minimum Gasteiger partial charge on any atom is -0.451 e. The molecule has 3 rings (SSSR count). The van der Waals surface area contributed by atoms with Gasteiger partial charge in [0.15, 0.2) is 6.10 Å². The van der Waals surface area contributed by atoms with Crippen LogP contribution < -0.4 is 0 Å². The predicted octanol–water partition coefficient (Wildman–Crippen LogP) is 3.68. The van der Waals surface area contributed by atoms with Gasteiger partial charge in [-0.05, 0) is 68.1 Å². The molecule has 1 aromatic heterocycles. The Labute approximate surface area is 164 Å². The lowest BCUT2D eigenvalue weighted by Crippen LogP contribution is -2.25. The monoisotopic (exact) mass is 377 g/mol. The highest BCUT2D eigenvalue weighted by molar-refractivity contribution is 6.02. The summed E-state index contributed by atoms with van der Waals surface area (Å²) in [6.07, 6.45) is 2.24. The fourth-order valence-electron chi connectivity index (χ4n) is 2.97. The fraction of sp³-hybridized carbons (Fsp3) is 0.273. The number of aromatic nitrogens is 3. The lowest BCUT2D eigenvalue weighted by molar-refractivity contribution is 0.0318. The van der Waals surface area contributed by atoms with E-state index in [9.17, 15) is 9.59 Å². The number of benzene rings is 2. The SMILES string of the molecule is Cc1cc(C)c(C(=O)C(C)OC(=O)c2ccc(Cn3cncn3)cc2)cc1C. The summed E-state index contributed by atoms with van der Waals surface area (Å²) in [6, 6.07) is 10.9. The molecule has 0 N–H and O–H groups in total. The molecule has 0 amide bonds. The number of nitrogens with zero attached hydrogens (tertiary/aromatic N) is 3. The number of Topliss-reactive ketones (excluding diaryl/α,β-unsaturated/α-hetero) is 1. The molecule has 0 aliphatic rings. The van der Waals surface area contributed by atoms with Gasteiger partial charge in [-0.2, -0.15) is 5.10 Å². The first-order chi connectivity index (χ1) is 13.3. The number of hydrogen-bond donors (Lipinski definition) is 0. The lowest BCUT2D eigenvalue weighted by atomic mass is 9.96. The van der Waals surface area contributed by atoms with Crippen LogP contribution in [0.2, 0.25) is 0 Å². The summed E-state index contributed by atoms with van der Waals surface area (Å²) in [5, 5.41) is 4.05. The molecule has 0 radical (unpaired) electrons. The maximum Gasteiger partial charge on any atom is 0.338 e. The van der Waals surface area contributed by atoms with Crippen LogP contribution >= 0.6 is 0 Å². The van der Waals surface area contributed by atoms with Crippen LogP contribution in [0.15, 0.2) is 49.1 Å². The summed E-state index contributed by atoms with van der Waals surface area (Å²) in [5.41, 5.74) is 5.02. The van der Waals surface area contributed by atoms with E-state index in [0.29, 0.717) is 17.7 Å². The number of esters is 1. The lowest BCUT2D eigenvalue weighted by Gasteiger charge is -2.15. The highest BCUT2D eigenvalue weighted by atomic mass is 16.5. The molecule has 0 saturated carbocycles. The van der Waals surface area contributed by atoms with E-state index in [4.69, 9.17) is 4.74 Å². The summed E-state index contributed by atoms with van der Waals surface area (Å²) in [6.45, 7) is 8.03. The van der Waals surface area contributed by atoms with Gasteiger partial charge in [0.2, 0.25) is 5.78 Å². The fourth-order valence-corrected chi connectivity index (χ4v) is 2.97. The van der Waals surface area contributed by atoms with Gasteiger partial charge in [-0.1, -0.05) is 18.2 Å². The van der Waals surface area contributed by atoms with Gasteiger partial charge in [0.05, 0.1) is 12.1 Å². The maximum absolute atomic E-state index is 12.7. The average molecular weight is 377 g/mol. The third-order valence-corrected chi connectivity index (χ3v) is 4.76. The Kier molecular flexibility index (Phi) is 5.68. The molecule has 2 aromatic carbocycles. The van der Waals surface area contributed by atoms with Crippen molar-refractivity contribution in [2.24, 2.45) is 0 Å². The van der Waals surface area contributed by atoms with Crippen molar-refractivity contribution >= 4 is 11.8 Å². The van der Waals surface area contributed by atoms with Gasteiger partial charge >= 0.3 is 5.97 Å². The van der Waals surface area contributed by atoms with Crippen LogP contribution in [-0.2, 0) is 11.3 Å². The van der Waals surface area contributed by atoms with Gasteiger partial charge in [-0.15, -0.1) is 0 Å². The van der Waals surface area contributed by atoms with E-state index in [1.807, 2.05) is 45.0 Å². The molecule has 0 aliphatic heterocycles. The van der Waals surface area contributed by atoms with Crippen molar-refractivity contribution in [3.05, 3.63) is 82.4 Å². The van der Waals surface area contributed by atoms with Crippen LogP contribution in [0.3, 0.4) is 0 Å². The van der Waals surface area contributed by atoms with Crippen molar-refractivity contribution in [2.75, 3.05) is 0 Å². The van der Waals surface area contributed by atoms with Crippen molar-refractivity contribution in [1.82, 2.24) is 14.8 Å². The van der Waals surface area contributed by atoms with Crippen LogP contribution in [0, 0.1) is 20.8 Å². The molecule has 0 bridgehead atoms. The standard InChI is InChI=1S/C22H23N3O3/c1-14-9-16(3)20(10-15(14)2)21(26)17(4)28-22(27)19-7-5-18(6-8-19)11-25-13-23-12-24-25/h5-10,12-13,17H,11H2,1-4H3. The highest BCUT2D eigenvalue weighted by Gasteiger charge is 2.22. The van der Waals surface area contributed by atoms with Crippen molar-refractivity contribution in [3.63, 3.8) is 0 Å². The van der Waals surface area contributed by atoms with Crippen molar-refractivity contribution in [3.8, 4) is 0 Å². The molecule has 1 unspecified atom stereocenters. The van der Waals surface area contributed by atoms with E-state index in [0.717, 1.165) is 22.3 Å². The third-order valence-electron chi connectivity index (χ3n) is 4.76. The molecule has 0 fully saturated rings. The van der Waals surface area contributed by atoms with Gasteiger partial charge in [0.25, 0.3) is 0 Å².